The first-order valence-electron chi connectivity index (χ1n) is 6.58. The number of ether oxygens (including phenoxy) is 1. The van der Waals surface area contributed by atoms with E-state index in [0.717, 1.165) is 0 Å². The molecular weight excluding hydrogens is 304 g/mol. The highest BCUT2D eigenvalue weighted by molar-refractivity contribution is 8.15. The van der Waals surface area contributed by atoms with Crippen molar-refractivity contribution in [2.24, 2.45) is 4.99 Å². The van der Waals surface area contributed by atoms with E-state index in [2.05, 4.69) is 11.6 Å². The molecule has 1 aromatic rings. The predicted octanol–water partition coefficient (Wildman–Crippen LogP) is 2.29. The van der Waals surface area contributed by atoms with E-state index in [4.69, 9.17) is 9.84 Å². The van der Waals surface area contributed by atoms with Gasteiger partial charge < -0.3 is 9.84 Å². The number of aliphatic carboxylic acids is 1. The van der Waals surface area contributed by atoms with Gasteiger partial charge in [0.15, 0.2) is 5.17 Å². The zero-order chi connectivity index (χ0) is 16.1. The summed E-state index contributed by atoms with van der Waals surface area (Å²) in [6, 6.07) is 7.09. The zero-order valence-corrected chi connectivity index (χ0v) is 12.9. The summed E-state index contributed by atoms with van der Waals surface area (Å²) < 4.78 is 5.08. The second-order valence-corrected chi connectivity index (χ2v) is 5.70. The Labute approximate surface area is 132 Å². The van der Waals surface area contributed by atoms with Gasteiger partial charge in [0.05, 0.1) is 19.2 Å². The Balaban J connectivity index is 2.25. The Kier molecular flexibility index (Phi) is 5.21. The quantitative estimate of drug-likeness (QED) is 0.814. The largest absolute Gasteiger partial charge is 0.497 e. The van der Waals surface area contributed by atoms with Crippen LogP contribution in [0.2, 0.25) is 0 Å². The van der Waals surface area contributed by atoms with Gasteiger partial charge in [-0.1, -0.05) is 17.8 Å². The molecule has 1 aliphatic rings. The molecule has 1 amide bonds. The summed E-state index contributed by atoms with van der Waals surface area (Å²) in [5, 5.41) is 8.73. The number of nitrogens with zero attached hydrogens (tertiary/aromatic N) is 2. The van der Waals surface area contributed by atoms with Gasteiger partial charge >= 0.3 is 5.97 Å². The number of methoxy groups -OCH3 is 1. The summed E-state index contributed by atoms with van der Waals surface area (Å²) >= 11 is 1.17. The van der Waals surface area contributed by atoms with Gasteiger partial charge in [0, 0.05) is 6.54 Å². The topological polar surface area (TPSA) is 79.2 Å². The van der Waals surface area contributed by atoms with Crippen molar-refractivity contribution in [1.82, 2.24) is 4.90 Å². The van der Waals surface area contributed by atoms with Crippen LogP contribution in [0.3, 0.4) is 0 Å². The van der Waals surface area contributed by atoms with Crippen LogP contribution in [0, 0.1) is 0 Å². The van der Waals surface area contributed by atoms with Crippen LogP contribution >= 0.6 is 11.8 Å². The molecule has 1 aliphatic heterocycles. The number of hydrogen-bond acceptors (Lipinski definition) is 5. The molecule has 1 fully saturated rings. The molecular formula is C15H16N2O4S. The van der Waals surface area contributed by atoms with Crippen LogP contribution in [-0.2, 0) is 9.59 Å². The van der Waals surface area contributed by atoms with Crippen molar-refractivity contribution in [2.45, 2.75) is 11.7 Å². The van der Waals surface area contributed by atoms with Gasteiger partial charge in [-0.2, -0.15) is 0 Å². The summed E-state index contributed by atoms with van der Waals surface area (Å²) in [6.45, 7) is 3.92. The third-order valence-electron chi connectivity index (χ3n) is 2.99. The molecule has 0 aromatic heterocycles. The first-order valence-corrected chi connectivity index (χ1v) is 7.46. The van der Waals surface area contributed by atoms with Crippen LogP contribution in [-0.4, -0.2) is 46.0 Å². The average molecular weight is 320 g/mol. The molecule has 0 radical (unpaired) electrons. The van der Waals surface area contributed by atoms with Gasteiger partial charge in [-0.15, -0.1) is 6.58 Å². The molecule has 2 rings (SSSR count). The maximum absolute atomic E-state index is 12.2. The predicted molar refractivity (Wildman–Crippen MR) is 85.6 cm³/mol. The van der Waals surface area contributed by atoms with E-state index in [1.165, 1.54) is 16.7 Å². The third-order valence-corrected chi connectivity index (χ3v) is 4.16. The fraction of sp³-hybridized carbons (Fsp3) is 0.267. The van der Waals surface area contributed by atoms with Crippen LogP contribution in [0.5, 0.6) is 5.75 Å². The molecule has 1 N–H and O–H groups in total. The van der Waals surface area contributed by atoms with Crippen LogP contribution < -0.4 is 4.74 Å². The number of benzene rings is 1. The molecule has 7 heteroatoms. The zero-order valence-electron chi connectivity index (χ0n) is 12.1. The van der Waals surface area contributed by atoms with Crippen molar-refractivity contribution in [3.8, 4) is 5.75 Å². The lowest BCUT2D eigenvalue weighted by molar-refractivity contribution is -0.139. The second-order valence-electron chi connectivity index (χ2n) is 4.53. The van der Waals surface area contributed by atoms with E-state index in [9.17, 15) is 9.59 Å². The second kappa shape index (κ2) is 7.13. The highest BCUT2D eigenvalue weighted by atomic mass is 32.2. The Morgan fingerprint density at radius 3 is 2.73 bits per heavy atom. The number of rotatable bonds is 6. The molecule has 0 saturated carbocycles. The molecule has 22 heavy (non-hydrogen) atoms. The summed E-state index contributed by atoms with van der Waals surface area (Å²) in [5.41, 5.74) is 0.668. The first kappa shape index (κ1) is 16.1. The Morgan fingerprint density at radius 1 is 1.50 bits per heavy atom. The molecule has 0 spiro atoms. The smallest absolute Gasteiger partial charge is 0.305 e. The van der Waals surface area contributed by atoms with E-state index in [1.54, 1.807) is 37.5 Å². The minimum atomic E-state index is -1.00. The van der Waals surface area contributed by atoms with Crippen molar-refractivity contribution in [3.05, 3.63) is 36.9 Å². The van der Waals surface area contributed by atoms with Crippen molar-refractivity contribution in [3.63, 3.8) is 0 Å². The van der Waals surface area contributed by atoms with E-state index in [0.29, 0.717) is 23.1 Å². The fourth-order valence-electron chi connectivity index (χ4n) is 1.95. The molecule has 1 atom stereocenters. The maximum atomic E-state index is 12.2. The van der Waals surface area contributed by atoms with Crippen molar-refractivity contribution < 1.29 is 19.4 Å². The Bertz CT molecular complexity index is 612. The van der Waals surface area contributed by atoms with E-state index in [-0.39, 0.29) is 12.3 Å². The summed E-state index contributed by atoms with van der Waals surface area (Å²) in [5.74, 6) is -0.541. The van der Waals surface area contributed by atoms with Crippen molar-refractivity contribution in [2.75, 3.05) is 13.7 Å². The van der Waals surface area contributed by atoms with Gasteiger partial charge in [0.1, 0.15) is 11.0 Å². The molecule has 1 aromatic carbocycles. The number of aliphatic imine (C=N–C) groups is 1. The molecule has 1 unspecified atom stereocenters. The summed E-state index contributed by atoms with van der Waals surface area (Å²) in [6.07, 6.45) is 1.37. The van der Waals surface area contributed by atoms with Gasteiger partial charge in [0.25, 0.3) is 0 Å². The van der Waals surface area contributed by atoms with Gasteiger partial charge in [0.2, 0.25) is 5.91 Å². The number of carboxylic acid groups (broad SMARTS) is 1. The molecule has 116 valence electrons. The van der Waals surface area contributed by atoms with Crippen LogP contribution in [0.15, 0.2) is 41.9 Å². The SMILES string of the molecule is C=CCN1C(=O)C(CC(=O)O)SC1=Nc1ccc(OC)cc1. The highest BCUT2D eigenvalue weighted by Crippen LogP contribution is 2.31. The number of hydrogen-bond donors (Lipinski definition) is 1. The minimum Gasteiger partial charge on any atom is -0.497 e. The minimum absolute atomic E-state index is 0.223. The van der Waals surface area contributed by atoms with Crippen molar-refractivity contribution >= 4 is 34.5 Å². The van der Waals surface area contributed by atoms with Crippen LogP contribution in [0.4, 0.5) is 5.69 Å². The van der Waals surface area contributed by atoms with Gasteiger partial charge in [-0.3, -0.25) is 14.5 Å². The third kappa shape index (κ3) is 3.67. The maximum Gasteiger partial charge on any atom is 0.305 e. The molecule has 1 heterocycles. The standard InChI is InChI=1S/C15H16N2O4S/c1-3-8-17-14(20)12(9-13(18)19)22-15(17)16-10-4-6-11(21-2)7-5-10/h3-7,12H,1,8-9H2,2H3,(H,18,19). The normalized spacial score (nSPS) is 19.5. The number of carbonyl (C=O) groups is 2. The molecule has 0 aliphatic carbocycles. The Morgan fingerprint density at radius 2 is 2.18 bits per heavy atom. The number of carboxylic acids is 1. The number of amidine groups is 1. The highest BCUT2D eigenvalue weighted by Gasteiger charge is 2.38. The lowest BCUT2D eigenvalue weighted by atomic mass is 10.2. The van der Waals surface area contributed by atoms with Crippen LogP contribution in [0.1, 0.15) is 6.42 Å². The lowest BCUT2D eigenvalue weighted by Crippen LogP contribution is -2.32. The molecule has 6 nitrogen and oxygen atoms in total. The monoisotopic (exact) mass is 320 g/mol. The number of carbonyl (C=O) groups excluding carboxylic acids is 1. The Hall–Kier alpha value is -2.28. The van der Waals surface area contributed by atoms with Gasteiger partial charge in [-0.25, -0.2) is 4.99 Å². The summed E-state index contributed by atoms with van der Waals surface area (Å²) in [7, 11) is 1.58. The summed E-state index contributed by atoms with van der Waals surface area (Å²) in [4.78, 5) is 29.0. The number of amides is 1. The van der Waals surface area contributed by atoms with E-state index >= 15 is 0 Å². The number of thioether (sulfide) groups is 1. The molecule has 0 bridgehead atoms. The fourth-order valence-corrected chi connectivity index (χ4v) is 3.11. The van der Waals surface area contributed by atoms with Gasteiger partial charge in [-0.05, 0) is 24.3 Å². The average Bonchev–Trinajstić information content (AvgIpc) is 2.77. The van der Waals surface area contributed by atoms with E-state index in [1.807, 2.05) is 0 Å². The lowest BCUT2D eigenvalue weighted by Gasteiger charge is -2.13. The van der Waals surface area contributed by atoms with Crippen LogP contribution in [0.25, 0.3) is 0 Å². The first-order chi connectivity index (χ1) is 10.5. The van der Waals surface area contributed by atoms with E-state index < -0.39 is 11.2 Å². The van der Waals surface area contributed by atoms with Crippen molar-refractivity contribution in [1.29, 1.82) is 0 Å². The molecule has 1 saturated heterocycles.